The van der Waals surface area contributed by atoms with Gasteiger partial charge in [0.25, 0.3) is 0 Å². The van der Waals surface area contributed by atoms with Crippen LogP contribution in [0.2, 0.25) is 0 Å². The molecule has 0 radical (unpaired) electrons. The molecule has 0 saturated heterocycles. The number of hydrogen-bond donors (Lipinski definition) is 1. The average molecular weight is 264 g/mol. The number of nitrogens with zero attached hydrogens (tertiary/aromatic N) is 1. The number of nitrogens with two attached hydrogens (primary N) is 1. The number of hydrogen-bond acceptors (Lipinski definition) is 4. The number of benzene rings is 1. The van der Waals surface area contributed by atoms with Crippen molar-refractivity contribution >= 4 is 5.71 Å². The van der Waals surface area contributed by atoms with Gasteiger partial charge < -0.3 is 15.3 Å². The molecule has 0 aromatic heterocycles. The molecule has 0 heterocycles. The van der Waals surface area contributed by atoms with Gasteiger partial charge in [-0.2, -0.15) is 0 Å². The largest absolute Gasteiger partial charge is 0.394 e. The Balaban J connectivity index is 2.87. The van der Waals surface area contributed by atoms with Crippen molar-refractivity contribution in [1.29, 1.82) is 0 Å². The molecule has 0 aliphatic heterocycles. The molecule has 4 nitrogen and oxygen atoms in total. The molecule has 1 rings (SSSR count). The molecule has 106 valence electrons. The van der Waals surface area contributed by atoms with Gasteiger partial charge in [0, 0.05) is 19.2 Å². The average Bonchev–Trinajstić information content (AvgIpc) is 2.47. The highest BCUT2D eigenvalue weighted by molar-refractivity contribution is 6.03. The Labute approximate surface area is 115 Å². The highest BCUT2D eigenvalue weighted by atomic mass is 16.6. The van der Waals surface area contributed by atoms with Crippen LogP contribution in [0.25, 0.3) is 0 Å². The van der Waals surface area contributed by atoms with Crippen molar-refractivity contribution in [2.24, 2.45) is 10.9 Å². The van der Waals surface area contributed by atoms with Crippen molar-refractivity contribution in [3.63, 3.8) is 0 Å². The molecule has 1 aromatic rings. The van der Waals surface area contributed by atoms with E-state index in [0.29, 0.717) is 13.2 Å². The zero-order valence-corrected chi connectivity index (χ0v) is 11.8. The van der Waals surface area contributed by atoms with Gasteiger partial charge in [-0.1, -0.05) is 55.3 Å². The summed E-state index contributed by atoms with van der Waals surface area (Å²) < 4.78 is 5.56. The molecule has 19 heavy (non-hydrogen) atoms. The molecule has 2 N–H and O–H groups in total. The van der Waals surface area contributed by atoms with Crippen LogP contribution in [0.4, 0.5) is 0 Å². The highest BCUT2D eigenvalue weighted by Gasteiger charge is 2.17. The number of rotatable bonds is 9. The van der Waals surface area contributed by atoms with E-state index >= 15 is 0 Å². The van der Waals surface area contributed by atoms with Crippen molar-refractivity contribution in [3.8, 4) is 0 Å². The van der Waals surface area contributed by atoms with Crippen LogP contribution in [-0.4, -0.2) is 32.1 Å². The number of oxime groups is 1. The third-order valence-corrected chi connectivity index (χ3v) is 2.85. The second kappa shape index (κ2) is 9.53. The van der Waals surface area contributed by atoms with Gasteiger partial charge in [0.05, 0.1) is 0 Å². The van der Waals surface area contributed by atoms with E-state index < -0.39 is 0 Å². The quantitative estimate of drug-likeness (QED) is 0.424. The zero-order valence-electron chi connectivity index (χ0n) is 11.8. The maximum absolute atomic E-state index is 5.56. The van der Waals surface area contributed by atoms with Crippen molar-refractivity contribution in [1.82, 2.24) is 0 Å². The summed E-state index contributed by atoms with van der Waals surface area (Å²) in [6, 6.07) is 9.99. The van der Waals surface area contributed by atoms with E-state index in [4.69, 9.17) is 15.3 Å². The van der Waals surface area contributed by atoms with E-state index in [2.05, 4.69) is 12.1 Å². The van der Waals surface area contributed by atoms with Gasteiger partial charge in [-0.05, 0) is 6.42 Å². The summed E-state index contributed by atoms with van der Waals surface area (Å²) in [5.41, 5.74) is 7.28. The Kier molecular flexibility index (Phi) is 7.86. The zero-order chi connectivity index (χ0) is 13.9. The molecule has 0 aliphatic rings. The summed E-state index contributed by atoms with van der Waals surface area (Å²) in [7, 11) is 1.71. The van der Waals surface area contributed by atoms with E-state index in [9.17, 15) is 0 Å². The second-order valence-corrected chi connectivity index (χ2v) is 4.33. The predicted molar refractivity (Wildman–Crippen MR) is 78.3 cm³/mol. The Morgan fingerprint density at radius 3 is 2.63 bits per heavy atom. The first-order chi connectivity index (χ1) is 9.33. The predicted octanol–water partition coefficient (Wildman–Crippen LogP) is 2.57. The van der Waals surface area contributed by atoms with Crippen LogP contribution >= 0.6 is 0 Å². The van der Waals surface area contributed by atoms with Crippen LogP contribution in [0, 0.1) is 0 Å². The Hall–Kier alpha value is -1.39. The third kappa shape index (κ3) is 5.41. The SMILES string of the molecule is CCCCC(OC)C(=NOCCN)c1ccccc1. The van der Waals surface area contributed by atoms with Gasteiger partial charge in [-0.25, -0.2) is 0 Å². The van der Waals surface area contributed by atoms with Crippen LogP contribution in [0.3, 0.4) is 0 Å². The maximum atomic E-state index is 5.56. The minimum atomic E-state index is -0.0416. The van der Waals surface area contributed by atoms with Gasteiger partial charge in [0.2, 0.25) is 0 Å². The molecule has 1 atom stereocenters. The molecule has 0 amide bonds. The van der Waals surface area contributed by atoms with Crippen molar-refractivity contribution in [2.75, 3.05) is 20.3 Å². The summed E-state index contributed by atoms with van der Waals surface area (Å²) in [6.07, 6.45) is 3.12. The first kappa shape index (κ1) is 15.7. The highest BCUT2D eigenvalue weighted by Crippen LogP contribution is 2.13. The molecule has 0 fully saturated rings. The molecule has 1 aromatic carbocycles. The van der Waals surface area contributed by atoms with E-state index in [1.807, 2.05) is 30.3 Å². The first-order valence-electron chi connectivity index (χ1n) is 6.81. The summed E-state index contributed by atoms with van der Waals surface area (Å²) in [5.74, 6) is 0. The molecular weight excluding hydrogens is 240 g/mol. The van der Waals surface area contributed by atoms with Gasteiger partial charge in [0.1, 0.15) is 18.4 Å². The second-order valence-electron chi connectivity index (χ2n) is 4.33. The summed E-state index contributed by atoms with van der Waals surface area (Å²) in [5, 5.41) is 4.22. The third-order valence-electron chi connectivity index (χ3n) is 2.85. The van der Waals surface area contributed by atoms with E-state index in [-0.39, 0.29) is 6.10 Å². The molecule has 0 aliphatic carbocycles. The van der Waals surface area contributed by atoms with Crippen molar-refractivity contribution in [3.05, 3.63) is 35.9 Å². The minimum Gasteiger partial charge on any atom is -0.394 e. The van der Waals surface area contributed by atoms with Gasteiger partial charge in [-0.15, -0.1) is 0 Å². The summed E-state index contributed by atoms with van der Waals surface area (Å²) in [6.45, 7) is 3.04. The minimum absolute atomic E-state index is 0.0416. The Bertz CT molecular complexity index is 366. The Morgan fingerprint density at radius 1 is 1.32 bits per heavy atom. The molecule has 0 saturated carbocycles. The van der Waals surface area contributed by atoms with Gasteiger partial charge >= 0.3 is 0 Å². The summed E-state index contributed by atoms with van der Waals surface area (Å²) in [4.78, 5) is 5.25. The van der Waals surface area contributed by atoms with E-state index in [1.54, 1.807) is 7.11 Å². The van der Waals surface area contributed by atoms with E-state index in [0.717, 1.165) is 30.5 Å². The maximum Gasteiger partial charge on any atom is 0.129 e. The fourth-order valence-corrected chi connectivity index (χ4v) is 1.83. The molecule has 1 unspecified atom stereocenters. The number of unbranched alkanes of at least 4 members (excludes halogenated alkanes) is 1. The lowest BCUT2D eigenvalue weighted by molar-refractivity contribution is 0.124. The fourth-order valence-electron chi connectivity index (χ4n) is 1.83. The van der Waals surface area contributed by atoms with E-state index in [1.165, 1.54) is 0 Å². The van der Waals surface area contributed by atoms with Crippen LogP contribution in [-0.2, 0) is 9.57 Å². The lowest BCUT2D eigenvalue weighted by atomic mass is 10.0. The molecule has 0 bridgehead atoms. The standard InChI is InChI=1S/C15H24N2O2/c1-3-4-10-14(18-2)15(17-19-12-11-16)13-8-6-5-7-9-13/h5-9,14H,3-4,10-12,16H2,1-2H3. The monoisotopic (exact) mass is 264 g/mol. The first-order valence-corrected chi connectivity index (χ1v) is 6.81. The van der Waals surface area contributed by atoms with Gasteiger partial charge in [0.15, 0.2) is 0 Å². The lowest BCUT2D eigenvalue weighted by Gasteiger charge is -2.17. The topological polar surface area (TPSA) is 56.8 Å². The molecular formula is C15H24N2O2. The Morgan fingerprint density at radius 2 is 2.05 bits per heavy atom. The lowest BCUT2D eigenvalue weighted by Crippen LogP contribution is -2.25. The van der Waals surface area contributed by atoms with Crippen LogP contribution in [0.1, 0.15) is 31.7 Å². The van der Waals surface area contributed by atoms with Crippen molar-refractivity contribution in [2.45, 2.75) is 32.3 Å². The van der Waals surface area contributed by atoms with Gasteiger partial charge in [-0.3, -0.25) is 0 Å². The van der Waals surface area contributed by atoms with Crippen LogP contribution < -0.4 is 5.73 Å². The normalized spacial score (nSPS) is 13.3. The number of ether oxygens (including phenoxy) is 1. The fraction of sp³-hybridized carbons (Fsp3) is 0.533. The smallest absolute Gasteiger partial charge is 0.129 e. The van der Waals surface area contributed by atoms with Crippen LogP contribution in [0.5, 0.6) is 0 Å². The number of methoxy groups -OCH3 is 1. The molecule has 4 heteroatoms. The molecule has 0 spiro atoms. The van der Waals surface area contributed by atoms with Crippen molar-refractivity contribution < 1.29 is 9.57 Å². The summed E-state index contributed by atoms with van der Waals surface area (Å²) >= 11 is 0. The van der Waals surface area contributed by atoms with Crippen LogP contribution in [0.15, 0.2) is 35.5 Å².